The van der Waals surface area contributed by atoms with E-state index in [-0.39, 0.29) is 16.5 Å². The van der Waals surface area contributed by atoms with Crippen LogP contribution in [0.4, 0.5) is 4.39 Å². The van der Waals surface area contributed by atoms with E-state index in [1.54, 1.807) is 6.92 Å². The molecule has 0 radical (unpaired) electrons. The fourth-order valence-corrected chi connectivity index (χ4v) is 1.99. The largest absolute Gasteiger partial charge is 0.237 e. The van der Waals surface area contributed by atoms with Gasteiger partial charge in [0.25, 0.3) is 0 Å². The van der Waals surface area contributed by atoms with Crippen LogP contribution in [0.15, 0.2) is 6.20 Å². The summed E-state index contributed by atoms with van der Waals surface area (Å²) in [7, 11) is 0. The fourth-order valence-electron chi connectivity index (χ4n) is 1.99. The third-order valence-electron chi connectivity index (χ3n) is 3.38. The van der Waals surface area contributed by atoms with Gasteiger partial charge in [-0.3, -0.25) is 0 Å². The van der Waals surface area contributed by atoms with Gasteiger partial charge in [-0.15, -0.1) is 0 Å². The van der Waals surface area contributed by atoms with Gasteiger partial charge in [-0.2, -0.15) is 10.4 Å². The van der Waals surface area contributed by atoms with Gasteiger partial charge < -0.3 is 0 Å². The molecule has 0 aromatic carbocycles. The summed E-state index contributed by atoms with van der Waals surface area (Å²) in [6.07, 6.45) is 2.21. The second-order valence-corrected chi connectivity index (χ2v) is 4.99. The highest BCUT2D eigenvalue weighted by molar-refractivity contribution is 5.58. The molecule has 0 bridgehead atoms. The SMILES string of the molecule is CCC(C)(C)c1c(C#N)c(F)c2cnc(C)nn12. The summed E-state index contributed by atoms with van der Waals surface area (Å²) < 4.78 is 15.7. The Bertz CT molecular complexity index is 649. The van der Waals surface area contributed by atoms with Crippen molar-refractivity contribution in [2.24, 2.45) is 0 Å². The number of nitriles is 1. The number of aromatic nitrogens is 3. The highest BCUT2D eigenvalue weighted by atomic mass is 19.1. The maximum atomic E-state index is 14.2. The molecule has 5 heteroatoms. The molecule has 0 saturated heterocycles. The van der Waals surface area contributed by atoms with Gasteiger partial charge in [0.15, 0.2) is 5.82 Å². The van der Waals surface area contributed by atoms with Crippen LogP contribution in [0.2, 0.25) is 0 Å². The highest BCUT2D eigenvalue weighted by Gasteiger charge is 2.30. The van der Waals surface area contributed by atoms with E-state index in [0.717, 1.165) is 6.42 Å². The topological polar surface area (TPSA) is 54.0 Å². The maximum absolute atomic E-state index is 14.2. The van der Waals surface area contributed by atoms with E-state index in [0.29, 0.717) is 11.5 Å². The molecule has 2 aromatic heterocycles. The smallest absolute Gasteiger partial charge is 0.170 e. The first-order valence-corrected chi connectivity index (χ1v) is 5.86. The molecule has 18 heavy (non-hydrogen) atoms. The van der Waals surface area contributed by atoms with Crippen LogP contribution in [-0.4, -0.2) is 14.6 Å². The number of aryl methyl sites for hydroxylation is 1. The Labute approximate surface area is 105 Å². The Balaban J connectivity index is 2.94. The average molecular weight is 246 g/mol. The van der Waals surface area contributed by atoms with Crippen LogP contribution >= 0.6 is 0 Å². The zero-order chi connectivity index (χ0) is 13.5. The van der Waals surface area contributed by atoms with Crippen molar-refractivity contribution < 1.29 is 4.39 Å². The monoisotopic (exact) mass is 246 g/mol. The predicted molar refractivity (Wildman–Crippen MR) is 65.7 cm³/mol. The molecule has 0 unspecified atom stereocenters. The van der Waals surface area contributed by atoms with Crippen molar-refractivity contribution in [3.8, 4) is 6.07 Å². The van der Waals surface area contributed by atoms with Gasteiger partial charge in [-0.25, -0.2) is 13.9 Å². The quantitative estimate of drug-likeness (QED) is 0.818. The average Bonchev–Trinajstić information content (AvgIpc) is 2.62. The molecule has 2 rings (SSSR count). The van der Waals surface area contributed by atoms with Crippen LogP contribution in [-0.2, 0) is 5.41 Å². The molecule has 0 N–H and O–H groups in total. The molecule has 2 aromatic rings. The van der Waals surface area contributed by atoms with Gasteiger partial charge in [-0.1, -0.05) is 20.8 Å². The highest BCUT2D eigenvalue weighted by Crippen LogP contribution is 2.33. The Kier molecular flexibility index (Phi) is 2.81. The first kappa shape index (κ1) is 12.5. The maximum Gasteiger partial charge on any atom is 0.170 e. The molecule has 0 spiro atoms. The molecule has 0 atom stereocenters. The van der Waals surface area contributed by atoms with E-state index in [2.05, 4.69) is 10.1 Å². The zero-order valence-corrected chi connectivity index (χ0v) is 11.0. The Morgan fingerprint density at radius 2 is 2.17 bits per heavy atom. The fraction of sp³-hybridized carbons (Fsp3) is 0.462. The lowest BCUT2D eigenvalue weighted by Crippen LogP contribution is -2.21. The lowest BCUT2D eigenvalue weighted by Gasteiger charge is -2.22. The van der Waals surface area contributed by atoms with Crippen LogP contribution in [0.1, 0.15) is 44.3 Å². The van der Waals surface area contributed by atoms with Crippen LogP contribution in [0, 0.1) is 24.1 Å². The van der Waals surface area contributed by atoms with Crippen molar-refractivity contribution in [3.63, 3.8) is 0 Å². The Morgan fingerprint density at radius 3 is 2.72 bits per heavy atom. The minimum Gasteiger partial charge on any atom is -0.237 e. The Morgan fingerprint density at radius 1 is 1.50 bits per heavy atom. The lowest BCUT2D eigenvalue weighted by atomic mass is 9.84. The number of hydrogen-bond acceptors (Lipinski definition) is 3. The summed E-state index contributed by atoms with van der Waals surface area (Å²) >= 11 is 0. The Hall–Kier alpha value is -1.96. The van der Waals surface area contributed by atoms with Crippen LogP contribution in [0.5, 0.6) is 0 Å². The number of hydrogen-bond donors (Lipinski definition) is 0. The zero-order valence-electron chi connectivity index (χ0n) is 11.0. The van der Waals surface area contributed by atoms with E-state index in [1.165, 1.54) is 10.7 Å². The molecule has 0 fully saturated rings. The van der Waals surface area contributed by atoms with Crippen LogP contribution in [0.25, 0.3) is 5.52 Å². The number of fused-ring (bicyclic) bond motifs is 1. The third kappa shape index (κ3) is 1.65. The van der Waals surface area contributed by atoms with Gasteiger partial charge in [0.05, 0.1) is 11.9 Å². The number of rotatable bonds is 2. The molecule has 2 heterocycles. The predicted octanol–water partition coefficient (Wildman–Crippen LogP) is 2.74. The van der Waals surface area contributed by atoms with E-state index in [9.17, 15) is 9.65 Å². The van der Waals surface area contributed by atoms with Crippen molar-refractivity contribution >= 4 is 5.52 Å². The summed E-state index contributed by atoms with van der Waals surface area (Å²) in [5.41, 5.74) is 0.625. The second-order valence-electron chi connectivity index (χ2n) is 4.99. The molecule has 94 valence electrons. The number of halogens is 1. The molecule has 0 amide bonds. The molecular formula is C13H15FN4. The summed E-state index contributed by atoms with van der Waals surface area (Å²) in [6, 6.07) is 1.95. The second kappa shape index (κ2) is 4.05. The van der Waals surface area contributed by atoms with Gasteiger partial charge in [0.2, 0.25) is 0 Å². The lowest BCUT2D eigenvalue weighted by molar-refractivity contribution is 0.475. The molecular weight excluding hydrogens is 231 g/mol. The first-order chi connectivity index (χ1) is 8.42. The van der Waals surface area contributed by atoms with Crippen molar-refractivity contribution in [2.45, 2.75) is 39.5 Å². The van der Waals surface area contributed by atoms with Crippen molar-refractivity contribution in [1.82, 2.24) is 14.6 Å². The van der Waals surface area contributed by atoms with Crippen molar-refractivity contribution in [1.29, 1.82) is 5.26 Å². The molecule has 0 aliphatic heterocycles. The molecule has 0 aliphatic carbocycles. The standard InChI is InChI=1S/C13H15FN4/c1-5-13(3,4)12-9(6-15)11(14)10-7-16-8(2)17-18(10)12/h7H,5H2,1-4H3. The molecule has 4 nitrogen and oxygen atoms in total. The van der Waals surface area contributed by atoms with Gasteiger partial charge >= 0.3 is 0 Å². The van der Waals surface area contributed by atoms with E-state index >= 15 is 0 Å². The summed E-state index contributed by atoms with van der Waals surface area (Å²) in [5, 5.41) is 13.4. The summed E-state index contributed by atoms with van der Waals surface area (Å²) in [4.78, 5) is 3.98. The van der Waals surface area contributed by atoms with Crippen molar-refractivity contribution in [2.75, 3.05) is 0 Å². The summed E-state index contributed by atoms with van der Waals surface area (Å²) in [6.45, 7) is 7.71. The van der Waals surface area contributed by atoms with E-state index in [1.807, 2.05) is 26.8 Å². The minimum atomic E-state index is -0.533. The van der Waals surface area contributed by atoms with E-state index in [4.69, 9.17) is 0 Å². The van der Waals surface area contributed by atoms with Gasteiger partial charge in [-0.05, 0) is 13.3 Å². The summed E-state index contributed by atoms with van der Waals surface area (Å²) in [5.74, 6) is 0.0177. The normalized spacial score (nSPS) is 11.8. The molecule has 0 aliphatic rings. The first-order valence-electron chi connectivity index (χ1n) is 5.86. The van der Waals surface area contributed by atoms with Crippen molar-refractivity contribution in [3.05, 3.63) is 29.1 Å². The van der Waals surface area contributed by atoms with Crippen LogP contribution < -0.4 is 0 Å². The minimum absolute atomic E-state index is 0.0711. The van der Waals surface area contributed by atoms with Gasteiger partial charge in [0, 0.05) is 5.41 Å². The van der Waals surface area contributed by atoms with Gasteiger partial charge in [0.1, 0.15) is 23.0 Å². The molecule has 0 saturated carbocycles. The third-order valence-corrected chi connectivity index (χ3v) is 3.38. The van der Waals surface area contributed by atoms with Crippen LogP contribution in [0.3, 0.4) is 0 Å². The number of nitrogens with zero attached hydrogens (tertiary/aromatic N) is 4. The van der Waals surface area contributed by atoms with E-state index < -0.39 is 5.82 Å².